The van der Waals surface area contributed by atoms with E-state index < -0.39 is 21.7 Å². The van der Waals surface area contributed by atoms with Crippen molar-refractivity contribution in [3.8, 4) is 0 Å². The van der Waals surface area contributed by atoms with Crippen LogP contribution in [0.25, 0.3) is 0 Å². The standard InChI is InChI=1S/C17H32N2O4S/c1-17(2,3)23-16(20)18-13-14-9-7-8-12-19(14)24(21,22)15-10-5-4-6-11-15/h14-15H,4-13H2,1-3H3,(H,18,20). The molecule has 1 saturated heterocycles. The normalized spacial score (nSPS) is 24.5. The number of alkyl carbamates (subject to hydrolysis) is 1. The van der Waals surface area contributed by atoms with Crippen molar-refractivity contribution < 1.29 is 17.9 Å². The van der Waals surface area contributed by atoms with Crippen molar-refractivity contribution in [3.63, 3.8) is 0 Å². The molecule has 1 aliphatic heterocycles. The van der Waals surface area contributed by atoms with Gasteiger partial charge in [-0.05, 0) is 46.5 Å². The summed E-state index contributed by atoms with van der Waals surface area (Å²) < 4.78 is 32.9. The first kappa shape index (κ1) is 19.5. The fourth-order valence-electron chi connectivity index (χ4n) is 3.58. The molecule has 140 valence electrons. The van der Waals surface area contributed by atoms with Gasteiger partial charge in [-0.25, -0.2) is 13.2 Å². The van der Waals surface area contributed by atoms with Gasteiger partial charge in [0.25, 0.3) is 0 Å². The number of carbonyl (C=O) groups excluding carboxylic acids is 1. The van der Waals surface area contributed by atoms with E-state index in [-0.39, 0.29) is 11.3 Å². The zero-order valence-corrected chi connectivity index (χ0v) is 16.0. The van der Waals surface area contributed by atoms with E-state index in [0.29, 0.717) is 13.1 Å². The lowest BCUT2D eigenvalue weighted by Gasteiger charge is -2.38. The Morgan fingerprint density at radius 1 is 1.08 bits per heavy atom. The van der Waals surface area contributed by atoms with Crippen LogP contribution in [0.5, 0.6) is 0 Å². The molecule has 1 saturated carbocycles. The van der Waals surface area contributed by atoms with Gasteiger partial charge in [0, 0.05) is 19.1 Å². The summed E-state index contributed by atoms with van der Waals surface area (Å²) in [5, 5.41) is 2.50. The molecule has 0 spiro atoms. The number of nitrogens with zero attached hydrogens (tertiary/aromatic N) is 1. The van der Waals surface area contributed by atoms with Crippen LogP contribution in [0.4, 0.5) is 4.79 Å². The first-order chi connectivity index (χ1) is 11.2. The van der Waals surface area contributed by atoms with Crippen LogP contribution in [0.3, 0.4) is 0 Å². The van der Waals surface area contributed by atoms with Crippen molar-refractivity contribution in [2.75, 3.05) is 13.1 Å². The molecule has 0 aromatic rings. The zero-order chi connectivity index (χ0) is 17.8. The minimum absolute atomic E-state index is 0.154. The Labute approximate surface area is 146 Å². The second-order valence-electron chi connectivity index (χ2n) is 7.95. The van der Waals surface area contributed by atoms with Gasteiger partial charge in [0.1, 0.15) is 5.60 Å². The Morgan fingerprint density at radius 2 is 1.71 bits per heavy atom. The van der Waals surface area contributed by atoms with Crippen LogP contribution in [0.1, 0.15) is 72.1 Å². The summed E-state index contributed by atoms with van der Waals surface area (Å²) in [4.78, 5) is 11.9. The van der Waals surface area contributed by atoms with E-state index in [0.717, 1.165) is 51.4 Å². The molecule has 1 atom stereocenters. The second kappa shape index (κ2) is 8.04. The van der Waals surface area contributed by atoms with Crippen LogP contribution in [-0.4, -0.2) is 48.8 Å². The molecule has 0 radical (unpaired) electrons. The molecule has 1 heterocycles. The number of piperidine rings is 1. The van der Waals surface area contributed by atoms with Crippen LogP contribution < -0.4 is 5.32 Å². The van der Waals surface area contributed by atoms with Crippen molar-refractivity contribution in [1.29, 1.82) is 0 Å². The molecule has 7 heteroatoms. The molecule has 1 aliphatic carbocycles. The molecule has 0 bridgehead atoms. The summed E-state index contributed by atoms with van der Waals surface area (Å²) in [5.41, 5.74) is -0.551. The van der Waals surface area contributed by atoms with E-state index in [1.165, 1.54) is 0 Å². The topological polar surface area (TPSA) is 75.7 Å². The van der Waals surface area contributed by atoms with E-state index in [1.807, 2.05) is 20.8 Å². The number of amides is 1. The Balaban J connectivity index is 1.98. The lowest BCUT2D eigenvalue weighted by Crippen LogP contribution is -2.52. The second-order valence-corrected chi connectivity index (χ2v) is 10.1. The largest absolute Gasteiger partial charge is 0.444 e. The Bertz CT molecular complexity index is 521. The minimum atomic E-state index is -3.28. The monoisotopic (exact) mass is 360 g/mol. The van der Waals surface area contributed by atoms with Gasteiger partial charge in [-0.1, -0.05) is 25.7 Å². The van der Waals surface area contributed by atoms with Crippen LogP contribution in [0.2, 0.25) is 0 Å². The zero-order valence-electron chi connectivity index (χ0n) is 15.2. The third-order valence-corrected chi connectivity index (χ3v) is 7.20. The van der Waals surface area contributed by atoms with Crippen molar-refractivity contribution in [1.82, 2.24) is 9.62 Å². The lowest BCUT2D eigenvalue weighted by atomic mass is 10.0. The number of hydrogen-bond donors (Lipinski definition) is 1. The summed E-state index contributed by atoms with van der Waals surface area (Å²) in [7, 11) is -3.28. The molecule has 2 rings (SSSR count). The number of nitrogens with one attached hydrogen (secondary N) is 1. The highest BCUT2D eigenvalue weighted by Crippen LogP contribution is 2.30. The molecule has 6 nitrogen and oxygen atoms in total. The lowest BCUT2D eigenvalue weighted by molar-refractivity contribution is 0.0512. The average Bonchev–Trinajstić information content (AvgIpc) is 2.52. The predicted molar refractivity (Wildman–Crippen MR) is 94.4 cm³/mol. The summed E-state index contributed by atoms with van der Waals surface area (Å²) >= 11 is 0. The Kier molecular flexibility index (Phi) is 6.53. The molecular weight excluding hydrogens is 328 g/mol. The summed E-state index contributed by atoms with van der Waals surface area (Å²) in [6.45, 7) is 6.33. The van der Waals surface area contributed by atoms with Crippen molar-refractivity contribution in [2.45, 2.75) is 89.0 Å². The highest BCUT2D eigenvalue weighted by Gasteiger charge is 2.38. The van der Waals surface area contributed by atoms with Gasteiger partial charge >= 0.3 is 6.09 Å². The average molecular weight is 361 g/mol. The van der Waals surface area contributed by atoms with Gasteiger partial charge in [0.2, 0.25) is 10.0 Å². The van der Waals surface area contributed by atoms with Crippen LogP contribution in [0.15, 0.2) is 0 Å². The number of sulfonamides is 1. The first-order valence-electron chi connectivity index (χ1n) is 9.17. The van der Waals surface area contributed by atoms with E-state index in [4.69, 9.17) is 4.74 Å². The molecule has 0 aromatic carbocycles. The summed E-state index contributed by atoms with van der Waals surface area (Å²) in [5.74, 6) is 0. The van der Waals surface area contributed by atoms with Crippen molar-refractivity contribution in [2.24, 2.45) is 0 Å². The van der Waals surface area contributed by atoms with E-state index in [9.17, 15) is 13.2 Å². The molecule has 2 aliphatic rings. The van der Waals surface area contributed by atoms with E-state index >= 15 is 0 Å². The molecule has 1 N–H and O–H groups in total. The maximum Gasteiger partial charge on any atom is 0.407 e. The third-order valence-electron chi connectivity index (χ3n) is 4.75. The van der Waals surface area contributed by atoms with Gasteiger partial charge in [0.05, 0.1) is 5.25 Å². The van der Waals surface area contributed by atoms with Gasteiger partial charge in [0.15, 0.2) is 0 Å². The van der Waals surface area contributed by atoms with E-state index in [2.05, 4.69) is 5.32 Å². The SMILES string of the molecule is CC(C)(C)OC(=O)NCC1CCCCN1S(=O)(=O)C1CCCCC1. The number of carbonyl (C=O) groups is 1. The molecule has 24 heavy (non-hydrogen) atoms. The predicted octanol–water partition coefficient (Wildman–Crippen LogP) is 3.03. The highest BCUT2D eigenvalue weighted by molar-refractivity contribution is 7.89. The molecular formula is C17H32N2O4S. The quantitative estimate of drug-likeness (QED) is 0.836. The molecule has 1 unspecified atom stereocenters. The van der Waals surface area contributed by atoms with Crippen LogP contribution in [0, 0.1) is 0 Å². The van der Waals surface area contributed by atoms with E-state index in [1.54, 1.807) is 4.31 Å². The Hall–Kier alpha value is -0.820. The van der Waals surface area contributed by atoms with Crippen LogP contribution >= 0.6 is 0 Å². The Morgan fingerprint density at radius 3 is 2.33 bits per heavy atom. The number of hydrogen-bond acceptors (Lipinski definition) is 4. The van der Waals surface area contributed by atoms with Gasteiger partial charge in [-0.2, -0.15) is 4.31 Å². The van der Waals surface area contributed by atoms with Crippen LogP contribution in [-0.2, 0) is 14.8 Å². The number of ether oxygens (including phenoxy) is 1. The molecule has 2 fully saturated rings. The number of rotatable bonds is 4. The van der Waals surface area contributed by atoms with Crippen molar-refractivity contribution >= 4 is 16.1 Å². The maximum absolute atomic E-state index is 13.0. The smallest absolute Gasteiger partial charge is 0.407 e. The minimum Gasteiger partial charge on any atom is -0.444 e. The maximum atomic E-state index is 13.0. The fourth-order valence-corrected chi connectivity index (χ4v) is 5.87. The van der Waals surface area contributed by atoms with Crippen molar-refractivity contribution in [3.05, 3.63) is 0 Å². The molecule has 1 amide bonds. The van der Waals surface area contributed by atoms with Gasteiger partial charge in [-0.3, -0.25) is 0 Å². The van der Waals surface area contributed by atoms with Gasteiger partial charge in [-0.15, -0.1) is 0 Å². The third kappa shape index (κ3) is 5.34. The first-order valence-corrected chi connectivity index (χ1v) is 10.7. The molecule has 0 aromatic heterocycles. The summed E-state index contributed by atoms with van der Waals surface area (Å²) in [6, 6.07) is -0.154. The fraction of sp³-hybridized carbons (Fsp3) is 0.941. The van der Waals surface area contributed by atoms with Gasteiger partial charge < -0.3 is 10.1 Å². The highest BCUT2D eigenvalue weighted by atomic mass is 32.2. The summed E-state index contributed by atoms with van der Waals surface area (Å²) in [6.07, 6.45) is 6.87.